The summed E-state index contributed by atoms with van der Waals surface area (Å²) in [5.41, 5.74) is 1.93. The van der Waals surface area contributed by atoms with E-state index in [9.17, 15) is 24.6 Å². The highest BCUT2D eigenvalue weighted by Crippen LogP contribution is 2.26. The number of carboxylic acid groups (broad SMARTS) is 1. The molecule has 2 aliphatic heterocycles. The van der Waals surface area contributed by atoms with Crippen molar-refractivity contribution in [2.75, 3.05) is 120 Å². The smallest absolute Gasteiger partial charge is 0.303 e. The van der Waals surface area contributed by atoms with Crippen molar-refractivity contribution in [1.29, 1.82) is 0 Å². The number of aliphatic hydroxyl groups is 1. The van der Waals surface area contributed by atoms with E-state index in [1.807, 2.05) is 28.5 Å². The molecule has 3 aromatic heterocycles. The number of terminal acetylenes is 1. The predicted octanol–water partition coefficient (Wildman–Crippen LogP) is 0.476. The third kappa shape index (κ3) is 14.5. The van der Waals surface area contributed by atoms with E-state index in [4.69, 9.17) is 40.7 Å². The first-order valence-corrected chi connectivity index (χ1v) is 22.7. The Morgan fingerprint density at radius 1 is 0.776 bits per heavy atom. The maximum atomic E-state index is 14.3. The Labute approximate surface area is 389 Å². The van der Waals surface area contributed by atoms with E-state index in [1.54, 1.807) is 50.9 Å². The number of aryl methyl sites for hydroxylation is 1. The number of amides is 2. The van der Waals surface area contributed by atoms with Crippen molar-refractivity contribution in [3.8, 4) is 18.1 Å². The van der Waals surface area contributed by atoms with Gasteiger partial charge in [-0.25, -0.2) is 9.36 Å². The molecule has 23 heteroatoms. The minimum Gasteiger partial charge on any atom is -0.508 e. The Balaban J connectivity index is 1.12. The number of phenolic OH excluding ortho intramolecular Hbond substituents is 1. The van der Waals surface area contributed by atoms with E-state index < -0.39 is 18.1 Å². The quantitative estimate of drug-likeness (QED) is 0.0493. The first-order chi connectivity index (χ1) is 32.6. The molecule has 2 saturated heterocycles. The van der Waals surface area contributed by atoms with Gasteiger partial charge >= 0.3 is 5.97 Å². The Bertz CT molecular complexity index is 2220. The number of nitrogens with zero attached hydrogens (tertiary/aromatic N) is 13. The summed E-state index contributed by atoms with van der Waals surface area (Å²) in [5, 5.41) is 48.5. The lowest BCUT2D eigenvalue weighted by molar-refractivity contribution is -0.138. The van der Waals surface area contributed by atoms with Gasteiger partial charge in [0, 0.05) is 97.2 Å². The lowest BCUT2D eigenvalue weighted by atomic mass is 9.97. The Kier molecular flexibility index (Phi) is 19.0. The molecule has 0 aliphatic carbocycles. The number of piperazine rings is 2. The molecule has 362 valence electrons. The molecular weight excluding hydrogens is 869 g/mol. The fraction of sp³-hybridized carbons (Fsp3) is 0.591. The molecule has 0 radical (unpaired) electrons. The highest BCUT2D eigenvalue weighted by Gasteiger charge is 2.35. The monoisotopic (exact) mass is 930 g/mol. The lowest BCUT2D eigenvalue weighted by Crippen LogP contribution is -2.52. The summed E-state index contributed by atoms with van der Waals surface area (Å²) in [6.45, 7) is 9.85. The standard InChI is InChI=1S/C44H62N14O9/c1-4-23-65-25-27-67-28-26-66-24-13-45-42-46-43(55-18-14-53(15-19-55)40(63)37(29-33-6-9-36(60)10-7-33)57-30-35(12-22-59)50-51-57)48-44(47-42)56-20-16-54(17-21-56)41(64)39(32(3)5-2)58-31-34(49-52-58)8-11-38(61)62/h1,6-7,9-10,30-32,37,39,59-60H,5,8,11-29H2,2-3H3,(H,61,62)(H,45,46,47,48)/t32-,37-,39-/m0/s1. The van der Waals surface area contributed by atoms with Gasteiger partial charge in [-0.3, -0.25) is 14.4 Å². The SMILES string of the molecule is C#CCOCCOCCOCCNc1nc(N2CCN(C(=O)[C@H]([C@@H](C)CC)n3cc(CCC(=O)O)nn3)CC2)nc(N2CCN(C(=O)[C@H](Cc3ccc(O)cc3)n3cc(CCO)nn3)CC2)n1. The first-order valence-electron chi connectivity index (χ1n) is 22.7. The summed E-state index contributed by atoms with van der Waals surface area (Å²) in [5.74, 6) is 2.56. The summed E-state index contributed by atoms with van der Waals surface area (Å²) in [6, 6.07) is 5.40. The molecule has 1 aromatic carbocycles. The van der Waals surface area contributed by atoms with Crippen LogP contribution in [0.4, 0.5) is 17.8 Å². The van der Waals surface area contributed by atoms with Crippen molar-refractivity contribution < 1.29 is 43.9 Å². The third-order valence-corrected chi connectivity index (χ3v) is 11.6. The van der Waals surface area contributed by atoms with Gasteiger partial charge in [-0.15, -0.1) is 16.6 Å². The van der Waals surface area contributed by atoms with Crippen LogP contribution in [0, 0.1) is 18.3 Å². The van der Waals surface area contributed by atoms with Crippen molar-refractivity contribution >= 4 is 35.6 Å². The van der Waals surface area contributed by atoms with Crippen molar-refractivity contribution in [3.63, 3.8) is 0 Å². The minimum absolute atomic E-state index is 0.0529. The largest absolute Gasteiger partial charge is 0.508 e. The molecule has 2 aliphatic rings. The van der Waals surface area contributed by atoms with Crippen LogP contribution in [0.2, 0.25) is 0 Å². The number of aromatic hydroxyl groups is 1. The van der Waals surface area contributed by atoms with Crippen molar-refractivity contribution in [1.82, 2.24) is 54.7 Å². The zero-order valence-electron chi connectivity index (χ0n) is 38.2. The van der Waals surface area contributed by atoms with Gasteiger partial charge in [-0.05, 0) is 23.6 Å². The van der Waals surface area contributed by atoms with Crippen LogP contribution in [0.3, 0.4) is 0 Å². The fourth-order valence-corrected chi connectivity index (χ4v) is 7.66. The van der Waals surface area contributed by atoms with E-state index in [1.165, 1.54) is 0 Å². The van der Waals surface area contributed by atoms with E-state index in [2.05, 4.69) is 31.9 Å². The normalized spacial score (nSPS) is 15.6. The molecule has 0 saturated carbocycles. The van der Waals surface area contributed by atoms with E-state index in [-0.39, 0.29) is 49.5 Å². The van der Waals surface area contributed by atoms with Crippen LogP contribution in [0.1, 0.15) is 55.7 Å². The molecule has 0 bridgehead atoms. The number of nitrogens with one attached hydrogen (secondary N) is 1. The number of aliphatic carboxylic acids is 1. The summed E-state index contributed by atoms with van der Waals surface area (Å²) in [4.78, 5) is 61.7. The van der Waals surface area contributed by atoms with Crippen molar-refractivity contribution in [2.24, 2.45) is 5.92 Å². The van der Waals surface area contributed by atoms with Crippen LogP contribution in [0.5, 0.6) is 5.75 Å². The number of hydrogen-bond acceptors (Lipinski definition) is 18. The molecule has 2 fully saturated rings. The number of carboxylic acids is 1. The number of hydrogen-bond donors (Lipinski definition) is 4. The highest BCUT2D eigenvalue weighted by atomic mass is 16.5. The van der Waals surface area contributed by atoms with Crippen LogP contribution < -0.4 is 15.1 Å². The number of anilines is 3. The highest BCUT2D eigenvalue weighted by molar-refractivity contribution is 5.81. The Morgan fingerprint density at radius 2 is 1.34 bits per heavy atom. The second-order valence-electron chi connectivity index (χ2n) is 16.3. The van der Waals surface area contributed by atoms with Gasteiger partial charge < -0.3 is 54.4 Å². The maximum absolute atomic E-state index is 14.3. The number of ether oxygens (including phenoxy) is 3. The number of rotatable bonds is 26. The van der Waals surface area contributed by atoms with Gasteiger partial charge in [0.05, 0.1) is 50.8 Å². The lowest BCUT2D eigenvalue weighted by Gasteiger charge is -2.38. The molecule has 0 spiro atoms. The van der Waals surface area contributed by atoms with Crippen LogP contribution in [0.25, 0.3) is 0 Å². The number of aliphatic hydroxyl groups excluding tert-OH is 1. The average molecular weight is 931 g/mol. The van der Waals surface area contributed by atoms with Gasteiger partial charge in [0.1, 0.15) is 24.4 Å². The topological polar surface area (TPSA) is 265 Å². The van der Waals surface area contributed by atoms with Gasteiger partial charge in [-0.2, -0.15) is 15.0 Å². The van der Waals surface area contributed by atoms with Crippen LogP contribution in [0.15, 0.2) is 36.7 Å². The molecular formula is C44H62N14O9. The molecule has 6 rings (SSSR count). The number of carbonyl (C=O) groups excluding carboxylic acids is 2. The molecule has 4 N–H and O–H groups in total. The second kappa shape index (κ2) is 25.4. The molecule has 5 heterocycles. The number of aromatic nitrogens is 9. The van der Waals surface area contributed by atoms with Crippen LogP contribution in [-0.4, -0.2) is 193 Å². The van der Waals surface area contributed by atoms with Gasteiger partial charge in [0.2, 0.25) is 29.7 Å². The number of benzene rings is 1. The van der Waals surface area contributed by atoms with Gasteiger partial charge in [0.15, 0.2) is 0 Å². The Morgan fingerprint density at radius 3 is 1.94 bits per heavy atom. The third-order valence-electron chi connectivity index (χ3n) is 11.6. The van der Waals surface area contributed by atoms with Gasteiger partial charge in [-0.1, -0.05) is 48.7 Å². The predicted molar refractivity (Wildman–Crippen MR) is 243 cm³/mol. The molecule has 2 amide bonds. The van der Waals surface area contributed by atoms with Crippen LogP contribution >= 0.6 is 0 Å². The number of carbonyl (C=O) groups is 3. The number of phenols is 1. The zero-order valence-corrected chi connectivity index (χ0v) is 38.2. The maximum Gasteiger partial charge on any atom is 0.303 e. The van der Waals surface area contributed by atoms with E-state index in [0.717, 1.165) is 12.0 Å². The first kappa shape index (κ1) is 49.9. The van der Waals surface area contributed by atoms with E-state index in [0.29, 0.717) is 134 Å². The molecule has 23 nitrogen and oxygen atoms in total. The van der Waals surface area contributed by atoms with Crippen LogP contribution in [-0.2, 0) is 47.9 Å². The fourth-order valence-electron chi connectivity index (χ4n) is 7.66. The molecule has 0 unspecified atom stereocenters. The van der Waals surface area contributed by atoms with Crippen molar-refractivity contribution in [2.45, 2.75) is 58.0 Å². The summed E-state index contributed by atoms with van der Waals surface area (Å²) in [7, 11) is 0. The Hall–Kier alpha value is -6.48. The van der Waals surface area contributed by atoms with Crippen molar-refractivity contribution in [3.05, 3.63) is 53.6 Å². The average Bonchev–Trinajstić information content (AvgIpc) is 4.02. The second-order valence-corrected chi connectivity index (χ2v) is 16.3. The summed E-state index contributed by atoms with van der Waals surface area (Å²) in [6.07, 6.45) is 10.1. The summed E-state index contributed by atoms with van der Waals surface area (Å²) < 4.78 is 19.6. The minimum atomic E-state index is -0.928. The molecule has 3 atom stereocenters. The zero-order chi connectivity index (χ0) is 47.5. The van der Waals surface area contributed by atoms with E-state index >= 15 is 0 Å². The van der Waals surface area contributed by atoms with Gasteiger partial charge in [0.25, 0.3) is 0 Å². The summed E-state index contributed by atoms with van der Waals surface area (Å²) >= 11 is 0. The molecule has 67 heavy (non-hydrogen) atoms. The molecule has 4 aromatic rings.